The molecule has 2 aliphatic rings. The molecule has 0 amide bonds. The number of pyridine rings is 1. The third-order valence-corrected chi connectivity index (χ3v) is 7.75. The molecule has 2 aromatic heterocycles. The topological polar surface area (TPSA) is 77.0 Å². The summed E-state index contributed by atoms with van der Waals surface area (Å²) in [4.78, 5) is 14.3. The van der Waals surface area contributed by atoms with Gasteiger partial charge in [0, 0.05) is 46.3 Å². The van der Waals surface area contributed by atoms with Crippen LogP contribution in [-0.2, 0) is 10.8 Å². The van der Waals surface area contributed by atoms with Gasteiger partial charge in [-0.15, -0.1) is 0 Å². The van der Waals surface area contributed by atoms with Gasteiger partial charge in [-0.05, 0) is 44.9 Å². The van der Waals surface area contributed by atoms with Gasteiger partial charge < -0.3 is 10.1 Å². The molecule has 4 rings (SSSR count). The molecule has 30 heavy (non-hydrogen) atoms. The molecular formula is C23H34N4O2S. The molecule has 1 aliphatic carbocycles. The summed E-state index contributed by atoms with van der Waals surface area (Å²) in [6, 6.07) is 0.339. The molecule has 2 aromatic rings. The Morgan fingerprint density at radius 3 is 2.63 bits per heavy atom. The van der Waals surface area contributed by atoms with Gasteiger partial charge in [-0.2, -0.15) is 0 Å². The molecule has 1 saturated carbocycles. The Labute approximate surface area is 182 Å². The summed E-state index contributed by atoms with van der Waals surface area (Å²) < 4.78 is 18.0. The number of fused-ring (bicyclic) bond motifs is 1. The first-order valence-electron chi connectivity index (χ1n) is 11.6. The van der Waals surface area contributed by atoms with Crippen LogP contribution in [0.15, 0.2) is 12.4 Å². The predicted octanol–water partition coefficient (Wildman–Crippen LogP) is 4.96. The predicted molar refractivity (Wildman–Crippen MR) is 123 cm³/mol. The molecule has 1 unspecified atom stereocenters. The van der Waals surface area contributed by atoms with Crippen LogP contribution in [0.4, 0.5) is 5.95 Å². The average molecular weight is 431 g/mol. The van der Waals surface area contributed by atoms with E-state index in [0.29, 0.717) is 35.3 Å². The highest BCUT2D eigenvalue weighted by Gasteiger charge is 2.24. The van der Waals surface area contributed by atoms with E-state index in [1.807, 2.05) is 12.4 Å². The van der Waals surface area contributed by atoms with E-state index >= 15 is 0 Å². The van der Waals surface area contributed by atoms with Crippen molar-refractivity contribution in [3.63, 3.8) is 0 Å². The lowest BCUT2D eigenvalue weighted by molar-refractivity contribution is 0.186. The molecule has 3 heterocycles. The van der Waals surface area contributed by atoms with Gasteiger partial charge in [-0.3, -0.25) is 4.21 Å². The second kappa shape index (κ2) is 10.0. The second-order valence-corrected chi connectivity index (χ2v) is 10.5. The van der Waals surface area contributed by atoms with Crippen LogP contribution in [0, 0.1) is 0 Å². The minimum atomic E-state index is -0.697. The molecule has 0 bridgehead atoms. The van der Waals surface area contributed by atoms with E-state index in [0.717, 1.165) is 36.6 Å². The van der Waals surface area contributed by atoms with E-state index < -0.39 is 10.8 Å². The smallest absolute Gasteiger partial charge is 0.224 e. The lowest BCUT2D eigenvalue weighted by Gasteiger charge is -2.25. The largest absolute Gasteiger partial charge is 0.474 e. The van der Waals surface area contributed by atoms with E-state index in [1.165, 1.54) is 37.7 Å². The highest BCUT2D eigenvalue weighted by atomic mass is 32.2. The van der Waals surface area contributed by atoms with Crippen LogP contribution in [0.25, 0.3) is 10.9 Å². The zero-order valence-electron chi connectivity index (χ0n) is 18.2. The van der Waals surface area contributed by atoms with E-state index in [9.17, 15) is 4.21 Å². The van der Waals surface area contributed by atoms with Crippen LogP contribution in [0.1, 0.15) is 83.1 Å². The first-order valence-corrected chi connectivity index (χ1v) is 13.1. The standard InChI is InChI=1S/C23H34N4O2S/c1-3-7-16(2)26-23-25-15-20-21(27-23)19(17-8-5-4-6-9-17)14-24-22(20)29-18-10-12-30(28)13-11-18/h14-18H,3-13H2,1-2H3,(H,25,26,27). The molecule has 2 fully saturated rings. The highest BCUT2D eigenvalue weighted by molar-refractivity contribution is 7.85. The number of nitrogens with one attached hydrogen (secondary N) is 1. The Morgan fingerprint density at radius 1 is 1.13 bits per heavy atom. The SMILES string of the molecule is CCCC(C)Nc1ncc2c(OC3CCS(=O)CC3)ncc(C3CCCCC3)c2n1. The molecular weight excluding hydrogens is 396 g/mol. The summed E-state index contributed by atoms with van der Waals surface area (Å²) in [7, 11) is -0.697. The van der Waals surface area contributed by atoms with E-state index in [1.54, 1.807) is 0 Å². The second-order valence-electron chi connectivity index (χ2n) is 8.81. The summed E-state index contributed by atoms with van der Waals surface area (Å²) in [6.07, 6.45) is 14.0. The van der Waals surface area contributed by atoms with Crippen LogP contribution < -0.4 is 10.1 Å². The summed E-state index contributed by atoms with van der Waals surface area (Å²) >= 11 is 0. The van der Waals surface area contributed by atoms with Gasteiger partial charge in [0.1, 0.15) is 6.10 Å². The van der Waals surface area contributed by atoms with Crippen molar-refractivity contribution in [2.45, 2.75) is 89.7 Å². The number of hydrogen-bond acceptors (Lipinski definition) is 6. The quantitative estimate of drug-likeness (QED) is 0.669. The maximum absolute atomic E-state index is 11.7. The molecule has 7 heteroatoms. The van der Waals surface area contributed by atoms with Crippen molar-refractivity contribution in [1.29, 1.82) is 0 Å². The monoisotopic (exact) mass is 430 g/mol. The summed E-state index contributed by atoms with van der Waals surface area (Å²) in [6.45, 7) is 4.37. The van der Waals surface area contributed by atoms with E-state index in [4.69, 9.17) is 14.7 Å². The van der Waals surface area contributed by atoms with Crippen LogP contribution in [0.5, 0.6) is 5.88 Å². The van der Waals surface area contributed by atoms with Gasteiger partial charge in [0.15, 0.2) is 0 Å². The molecule has 6 nitrogen and oxygen atoms in total. The lowest BCUT2D eigenvalue weighted by Crippen LogP contribution is -2.28. The Balaban J connectivity index is 1.66. The maximum Gasteiger partial charge on any atom is 0.224 e. The minimum absolute atomic E-state index is 0.0707. The first-order chi connectivity index (χ1) is 14.6. The van der Waals surface area contributed by atoms with Gasteiger partial charge in [-0.1, -0.05) is 32.6 Å². The lowest BCUT2D eigenvalue weighted by atomic mass is 9.84. The van der Waals surface area contributed by atoms with Gasteiger partial charge >= 0.3 is 0 Å². The Hall–Kier alpha value is -1.76. The molecule has 1 saturated heterocycles. The normalized spacial score (nSPS) is 23.9. The highest BCUT2D eigenvalue weighted by Crippen LogP contribution is 2.38. The van der Waals surface area contributed by atoms with Crippen molar-refractivity contribution < 1.29 is 8.95 Å². The fourth-order valence-corrected chi connectivity index (χ4v) is 5.92. The molecule has 1 N–H and O–H groups in total. The number of hydrogen-bond donors (Lipinski definition) is 1. The first kappa shape index (κ1) is 21.5. The number of nitrogens with zero attached hydrogens (tertiary/aromatic N) is 3. The molecule has 0 radical (unpaired) electrons. The van der Waals surface area contributed by atoms with E-state index in [2.05, 4.69) is 24.1 Å². The van der Waals surface area contributed by atoms with Crippen molar-refractivity contribution in [3.8, 4) is 5.88 Å². The third kappa shape index (κ3) is 5.10. The van der Waals surface area contributed by atoms with Gasteiger partial charge in [0.2, 0.25) is 11.8 Å². The Morgan fingerprint density at radius 2 is 1.90 bits per heavy atom. The third-order valence-electron chi connectivity index (χ3n) is 6.37. The van der Waals surface area contributed by atoms with Crippen LogP contribution in [-0.4, -0.2) is 42.8 Å². The van der Waals surface area contributed by atoms with Gasteiger partial charge in [-0.25, -0.2) is 15.0 Å². The average Bonchev–Trinajstić information content (AvgIpc) is 2.76. The zero-order chi connectivity index (χ0) is 20.9. The number of anilines is 1. The summed E-state index contributed by atoms with van der Waals surface area (Å²) in [5, 5.41) is 4.35. The zero-order valence-corrected chi connectivity index (χ0v) is 19.0. The number of rotatable bonds is 7. The maximum atomic E-state index is 11.7. The van der Waals surface area contributed by atoms with Crippen molar-refractivity contribution in [1.82, 2.24) is 15.0 Å². The molecule has 0 aromatic carbocycles. The van der Waals surface area contributed by atoms with Crippen LogP contribution >= 0.6 is 0 Å². The van der Waals surface area contributed by atoms with Gasteiger partial charge in [0.05, 0.1) is 10.9 Å². The summed E-state index contributed by atoms with van der Waals surface area (Å²) in [5.41, 5.74) is 2.21. The fourth-order valence-electron chi connectivity index (χ4n) is 4.67. The van der Waals surface area contributed by atoms with Crippen molar-refractivity contribution in [2.75, 3.05) is 16.8 Å². The van der Waals surface area contributed by atoms with E-state index in [-0.39, 0.29) is 6.10 Å². The summed E-state index contributed by atoms with van der Waals surface area (Å²) in [5.74, 6) is 3.24. The van der Waals surface area contributed by atoms with Crippen LogP contribution in [0.2, 0.25) is 0 Å². The minimum Gasteiger partial charge on any atom is -0.474 e. The molecule has 0 spiro atoms. The Bertz CT molecular complexity index is 875. The van der Waals surface area contributed by atoms with Crippen molar-refractivity contribution in [3.05, 3.63) is 18.0 Å². The molecule has 1 atom stereocenters. The fraction of sp³-hybridized carbons (Fsp3) is 0.696. The van der Waals surface area contributed by atoms with Gasteiger partial charge in [0.25, 0.3) is 0 Å². The van der Waals surface area contributed by atoms with Crippen molar-refractivity contribution in [2.24, 2.45) is 0 Å². The van der Waals surface area contributed by atoms with Crippen molar-refractivity contribution >= 4 is 27.7 Å². The molecule has 164 valence electrons. The van der Waals surface area contributed by atoms with Crippen LogP contribution in [0.3, 0.4) is 0 Å². The molecule has 1 aliphatic heterocycles. The Kier molecular flexibility index (Phi) is 7.18. The number of ether oxygens (including phenoxy) is 1. The number of aromatic nitrogens is 3.